The number of benzene rings is 1. The van der Waals surface area contributed by atoms with E-state index in [1.54, 1.807) is 11.3 Å². The van der Waals surface area contributed by atoms with Crippen LogP contribution in [0.5, 0.6) is 0 Å². The van der Waals surface area contributed by atoms with Crippen LogP contribution in [-0.2, 0) is 21.2 Å². The van der Waals surface area contributed by atoms with E-state index in [9.17, 15) is 13.2 Å². The first-order valence-electron chi connectivity index (χ1n) is 7.21. The lowest BCUT2D eigenvalue weighted by atomic mass is 10.0. The van der Waals surface area contributed by atoms with Crippen molar-refractivity contribution in [3.8, 4) is 0 Å². The third-order valence-corrected chi connectivity index (χ3v) is 7.08. The lowest BCUT2D eigenvalue weighted by Gasteiger charge is -2.32. The molecule has 0 spiro atoms. The summed E-state index contributed by atoms with van der Waals surface area (Å²) in [5.41, 5.74) is 1.41. The van der Waals surface area contributed by atoms with Crippen LogP contribution in [0.2, 0.25) is 0 Å². The van der Waals surface area contributed by atoms with Gasteiger partial charge in [-0.25, -0.2) is 13.2 Å². The van der Waals surface area contributed by atoms with Crippen molar-refractivity contribution in [2.45, 2.75) is 24.3 Å². The minimum absolute atomic E-state index is 0.185. The highest BCUT2D eigenvalue weighted by atomic mass is 32.2. The van der Waals surface area contributed by atoms with Crippen molar-refractivity contribution in [1.29, 1.82) is 0 Å². The summed E-state index contributed by atoms with van der Waals surface area (Å²) in [6.45, 7) is 2.38. The quantitative estimate of drug-likeness (QED) is 0.798. The molecule has 1 atom stereocenters. The van der Waals surface area contributed by atoms with Crippen LogP contribution in [0, 0.1) is 0 Å². The molecule has 0 saturated heterocycles. The minimum Gasteiger partial charge on any atom is -0.465 e. The maximum atomic E-state index is 12.9. The van der Waals surface area contributed by atoms with Crippen molar-refractivity contribution in [2.24, 2.45) is 0 Å². The summed E-state index contributed by atoms with van der Waals surface area (Å²) in [4.78, 5) is 12.9. The zero-order valence-corrected chi connectivity index (χ0v) is 14.5. The zero-order chi connectivity index (χ0) is 16.6. The fourth-order valence-electron chi connectivity index (χ4n) is 2.83. The third-order valence-electron chi connectivity index (χ3n) is 4.10. The predicted molar refractivity (Wildman–Crippen MR) is 88.1 cm³/mol. The van der Waals surface area contributed by atoms with Gasteiger partial charge in [-0.3, -0.25) is 0 Å². The highest BCUT2D eigenvalue weighted by Crippen LogP contribution is 2.36. The van der Waals surface area contributed by atoms with Gasteiger partial charge in [0.1, 0.15) is 0 Å². The second-order valence-electron chi connectivity index (χ2n) is 5.36. The molecule has 2 aromatic rings. The van der Waals surface area contributed by atoms with Crippen molar-refractivity contribution < 1.29 is 17.9 Å². The molecule has 1 aromatic heterocycles. The Balaban J connectivity index is 1.92. The number of carbonyl (C=O) groups excluding carboxylic acids is 1. The molecule has 0 aliphatic carbocycles. The van der Waals surface area contributed by atoms with Crippen molar-refractivity contribution in [1.82, 2.24) is 4.31 Å². The molecule has 0 N–H and O–H groups in total. The molecule has 0 radical (unpaired) electrons. The lowest BCUT2D eigenvalue weighted by molar-refractivity contribution is 0.0600. The number of ether oxygens (including phenoxy) is 1. The number of nitrogens with zero attached hydrogens (tertiary/aromatic N) is 1. The van der Waals surface area contributed by atoms with Crippen molar-refractivity contribution in [3.05, 3.63) is 51.7 Å². The molecule has 122 valence electrons. The van der Waals surface area contributed by atoms with Crippen LogP contribution in [0.25, 0.3) is 0 Å². The Morgan fingerprint density at radius 3 is 2.61 bits per heavy atom. The first-order valence-corrected chi connectivity index (χ1v) is 9.53. The molecule has 1 aliphatic heterocycles. The summed E-state index contributed by atoms with van der Waals surface area (Å²) in [6, 6.07) is 7.67. The lowest BCUT2D eigenvalue weighted by Crippen LogP contribution is -2.38. The molecule has 2 heterocycles. The maximum absolute atomic E-state index is 12.9. The molecule has 0 bridgehead atoms. The van der Waals surface area contributed by atoms with E-state index in [0.29, 0.717) is 12.1 Å². The van der Waals surface area contributed by atoms with Gasteiger partial charge in [-0.2, -0.15) is 4.31 Å². The topological polar surface area (TPSA) is 63.7 Å². The number of esters is 1. The molecule has 0 fully saturated rings. The van der Waals surface area contributed by atoms with Gasteiger partial charge in [-0.15, -0.1) is 11.3 Å². The van der Waals surface area contributed by atoms with Crippen LogP contribution >= 0.6 is 11.3 Å². The minimum atomic E-state index is -3.60. The zero-order valence-electron chi connectivity index (χ0n) is 12.9. The molecular weight excluding hydrogens is 334 g/mol. The summed E-state index contributed by atoms with van der Waals surface area (Å²) in [5, 5.41) is 2.00. The summed E-state index contributed by atoms with van der Waals surface area (Å²) in [6.07, 6.45) is 0.733. The van der Waals surface area contributed by atoms with Gasteiger partial charge in [0.15, 0.2) is 0 Å². The normalized spacial score (nSPS) is 18.4. The Labute approximate surface area is 139 Å². The summed E-state index contributed by atoms with van der Waals surface area (Å²) in [7, 11) is -2.30. The fourth-order valence-corrected chi connectivity index (χ4v) is 5.41. The number of thiophene rings is 1. The summed E-state index contributed by atoms with van der Waals surface area (Å²) >= 11 is 1.67. The summed E-state index contributed by atoms with van der Waals surface area (Å²) in [5.74, 6) is -0.483. The second kappa shape index (κ2) is 6.07. The maximum Gasteiger partial charge on any atom is 0.337 e. The van der Waals surface area contributed by atoms with Crippen molar-refractivity contribution in [3.63, 3.8) is 0 Å². The molecule has 7 heteroatoms. The standard InChI is InChI=1S/C16H17NO4S2/c1-11-14-8-10-22-15(14)7-9-17(11)23(19,20)13-5-3-12(4-6-13)16(18)21-2/h3-6,8,10-11H,7,9H2,1-2H3. The Kier molecular flexibility index (Phi) is 4.27. The second-order valence-corrected chi connectivity index (χ2v) is 8.25. The van der Waals surface area contributed by atoms with E-state index < -0.39 is 16.0 Å². The number of rotatable bonds is 3. The van der Waals surface area contributed by atoms with E-state index in [0.717, 1.165) is 12.0 Å². The number of fused-ring (bicyclic) bond motifs is 1. The van der Waals surface area contributed by atoms with Gasteiger partial charge < -0.3 is 4.74 Å². The van der Waals surface area contributed by atoms with Crippen LogP contribution in [-0.4, -0.2) is 32.3 Å². The van der Waals surface area contributed by atoms with Gasteiger partial charge in [-0.1, -0.05) is 0 Å². The smallest absolute Gasteiger partial charge is 0.337 e. The Bertz CT molecular complexity index is 824. The number of hydrogen-bond acceptors (Lipinski definition) is 5. The summed E-state index contributed by atoms with van der Waals surface area (Å²) < 4.78 is 31.9. The van der Waals surface area contributed by atoms with Crippen LogP contribution in [0.15, 0.2) is 40.6 Å². The molecule has 1 aromatic carbocycles. The Morgan fingerprint density at radius 2 is 1.96 bits per heavy atom. The molecule has 0 saturated carbocycles. The number of hydrogen-bond donors (Lipinski definition) is 0. The SMILES string of the molecule is COC(=O)c1ccc(S(=O)(=O)N2CCc3sccc3C2C)cc1. The van der Waals surface area contributed by atoms with Crippen molar-refractivity contribution >= 4 is 27.3 Å². The molecule has 23 heavy (non-hydrogen) atoms. The van der Waals surface area contributed by atoms with Crippen LogP contribution in [0.1, 0.15) is 33.8 Å². The molecular formula is C16H17NO4S2. The van der Waals surface area contributed by atoms with Gasteiger partial charge in [0, 0.05) is 17.5 Å². The molecule has 3 rings (SSSR count). The first-order chi connectivity index (χ1) is 10.9. The average Bonchev–Trinajstić information content (AvgIpc) is 3.04. The first kappa shape index (κ1) is 16.2. The molecule has 0 amide bonds. The van der Waals surface area contributed by atoms with E-state index in [2.05, 4.69) is 4.74 Å². The third kappa shape index (κ3) is 2.80. The number of sulfonamides is 1. The Hall–Kier alpha value is -1.70. The average molecular weight is 351 g/mol. The van der Waals surface area contributed by atoms with E-state index >= 15 is 0 Å². The van der Waals surface area contributed by atoms with E-state index in [-0.39, 0.29) is 10.9 Å². The van der Waals surface area contributed by atoms with Crippen LogP contribution < -0.4 is 0 Å². The molecule has 5 nitrogen and oxygen atoms in total. The molecule has 1 unspecified atom stereocenters. The van der Waals surface area contributed by atoms with Crippen LogP contribution in [0.3, 0.4) is 0 Å². The highest BCUT2D eigenvalue weighted by molar-refractivity contribution is 7.89. The van der Waals surface area contributed by atoms with Gasteiger partial charge in [0.2, 0.25) is 10.0 Å². The monoisotopic (exact) mass is 351 g/mol. The van der Waals surface area contributed by atoms with E-state index in [4.69, 9.17) is 0 Å². The van der Waals surface area contributed by atoms with E-state index in [1.165, 1.54) is 40.6 Å². The van der Waals surface area contributed by atoms with Gasteiger partial charge in [0.25, 0.3) is 0 Å². The van der Waals surface area contributed by atoms with Crippen LogP contribution in [0.4, 0.5) is 0 Å². The van der Waals surface area contributed by atoms with Gasteiger partial charge >= 0.3 is 5.97 Å². The Morgan fingerprint density at radius 1 is 1.26 bits per heavy atom. The largest absolute Gasteiger partial charge is 0.465 e. The molecule has 1 aliphatic rings. The van der Waals surface area contributed by atoms with Gasteiger partial charge in [-0.05, 0) is 54.6 Å². The van der Waals surface area contributed by atoms with E-state index in [1.807, 2.05) is 18.4 Å². The highest BCUT2D eigenvalue weighted by Gasteiger charge is 2.34. The number of methoxy groups -OCH3 is 1. The number of carbonyl (C=O) groups is 1. The van der Waals surface area contributed by atoms with Gasteiger partial charge in [0.05, 0.1) is 17.6 Å². The predicted octanol–water partition coefficient (Wildman–Crippen LogP) is 2.84. The van der Waals surface area contributed by atoms with Crippen molar-refractivity contribution in [2.75, 3.05) is 13.7 Å². The fraction of sp³-hybridized carbons (Fsp3) is 0.312.